The Labute approximate surface area is 77.1 Å². The van der Waals surface area contributed by atoms with Gasteiger partial charge in [-0.15, -0.1) is 0 Å². The zero-order chi connectivity index (χ0) is 9.68. The second kappa shape index (κ2) is 4.74. The molecule has 5 heteroatoms. The van der Waals surface area contributed by atoms with E-state index in [0.29, 0.717) is 11.6 Å². The average Bonchev–Trinajstić information content (AvgIpc) is 2.20. The molecule has 0 aliphatic heterocycles. The van der Waals surface area contributed by atoms with Crippen molar-refractivity contribution in [2.45, 2.75) is 6.29 Å². The summed E-state index contributed by atoms with van der Waals surface area (Å²) in [5, 5.41) is 2.84. The first-order valence-electron chi connectivity index (χ1n) is 3.88. The van der Waals surface area contributed by atoms with Crippen molar-refractivity contribution in [3.63, 3.8) is 0 Å². The maximum Gasteiger partial charge on any atom is 0.222 e. The van der Waals surface area contributed by atoms with Crippen LogP contribution in [0, 0.1) is 0 Å². The predicted molar refractivity (Wildman–Crippen MR) is 48.3 cm³/mol. The summed E-state index contributed by atoms with van der Waals surface area (Å²) in [6.07, 6.45) is 1.22. The Hall–Kier alpha value is -1.20. The number of nitrogens with zero attached hydrogens (tertiary/aromatic N) is 2. The molecule has 0 radical (unpaired) electrons. The Kier molecular flexibility index (Phi) is 3.60. The SMILES string of the molecule is CNc1nccc(C(OC)OC)n1. The zero-order valence-electron chi connectivity index (χ0n) is 7.94. The van der Waals surface area contributed by atoms with Crippen LogP contribution in [0.4, 0.5) is 5.95 Å². The molecule has 72 valence electrons. The molecule has 0 amide bonds. The molecule has 0 unspecified atom stereocenters. The van der Waals surface area contributed by atoms with Crippen molar-refractivity contribution in [2.75, 3.05) is 26.6 Å². The van der Waals surface area contributed by atoms with Crippen molar-refractivity contribution in [2.24, 2.45) is 0 Å². The quantitative estimate of drug-likeness (QED) is 0.700. The van der Waals surface area contributed by atoms with Crippen LogP contribution in [0.2, 0.25) is 0 Å². The molecule has 1 heterocycles. The van der Waals surface area contributed by atoms with Crippen LogP contribution in [-0.4, -0.2) is 31.2 Å². The minimum Gasteiger partial charge on any atom is -0.357 e. The maximum atomic E-state index is 5.04. The lowest BCUT2D eigenvalue weighted by atomic mass is 10.4. The fourth-order valence-corrected chi connectivity index (χ4v) is 0.962. The molecule has 5 nitrogen and oxygen atoms in total. The van der Waals surface area contributed by atoms with E-state index in [2.05, 4.69) is 15.3 Å². The van der Waals surface area contributed by atoms with Gasteiger partial charge in [-0.25, -0.2) is 9.97 Å². The lowest BCUT2D eigenvalue weighted by molar-refractivity contribution is -0.108. The summed E-state index contributed by atoms with van der Waals surface area (Å²) >= 11 is 0. The summed E-state index contributed by atoms with van der Waals surface area (Å²) in [5.41, 5.74) is 0.698. The van der Waals surface area contributed by atoms with Gasteiger partial charge in [0.05, 0.1) is 0 Å². The van der Waals surface area contributed by atoms with Gasteiger partial charge < -0.3 is 14.8 Å². The van der Waals surface area contributed by atoms with Gasteiger partial charge in [-0.3, -0.25) is 0 Å². The molecule has 1 N–H and O–H groups in total. The van der Waals surface area contributed by atoms with E-state index in [1.54, 1.807) is 33.5 Å². The third-order valence-corrected chi connectivity index (χ3v) is 1.57. The molecule has 0 aromatic carbocycles. The Balaban J connectivity index is 2.86. The molecule has 0 aliphatic rings. The van der Waals surface area contributed by atoms with Crippen LogP contribution in [0.1, 0.15) is 12.0 Å². The van der Waals surface area contributed by atoms with Crippen molar-refractivity contribution in [1.82, 2.24) is 9.97 Å². The average molecular weight is 183 g/mol. The fraction of sp³-hybridized carbons (Fsp3) is 0.500. The Bertz CT molecular complexity index is 263. The summed E-state index contributed by atoms with van der Waals surface area (Å²) in [7, 11) is 4.89. The van der Waals surface area contributed by atoms with Crippen LogP contribution < -0.4 is 5.32 Å². The number of hydrogen-bond acceptors (Lipinski definition) is 5. The van der Waals surface area contributed by atoms with E-state index in [9.17, 15) is 0 Å². The van der Waals surface area contributed by atoms with Gasteiger partial charge in [0.2, 0.25) is 12.2 Å². The maximum absolute atomic E-state index is 5.04. The van der Waals surface area contributed by atoms with Gasteiger partial charge in [0, 0.05) is 27.5 Å². The van der Waals surface area contributed by atoms with E-state index in [4.69, 9.17) is 9.47 Å². The second-order valence-corrected chi connectivity index (χ2v) is 2.36. The third kappa shape index (κ3) is 2.37. The molecule has 0 atom stereocenters. The molecule has 1 rings (SSSR count). The van der Waals surface area contributed by atoms with E-state index in [-0.39, 0.29) is 0 Å². The standard InChI is InChI=1S/C8H13N3O2/c1-9-8-10-5-4-6(11-8)7(12-2)13-3/h4-5,7H,1-3H3,(H,9,10,11). The highest BCUT2D eigenvalue weighted by atomic mass is 16.7. The lowest BCUT2D eigenvalue weighted by Gasteiger charge is -2.12. The highest BCUT2D eigenvalue weighted by Gasteiger charge is 2.10. The minimum absolute atomic E-state index is 0.435. The topological polar surface area (TPSA) is 56.3 Å². The highest BCUT2D eigenvalue weighted by Crippen LogP contribution is 2.14. The van der Waals surface area contributed by atoms with Gasteiger partial charge in [-0.2, -0.15) is 0 Å². The number of hydrogen-bond donors (Lipinski definition) is 1. The second-order valence-electron chi connectivity index (χ2n) is 2.36. The van der Waals surface area contributed by atoms with Gasteiger partial charge in [0.25, 0.3) is 0 Å². The minimum atomic E-state index is -0.435. The molecular formula is C8H13N3O2. The molecule has 1 aromatic rings. The molecule has 0 saturated heterocycles. The molecule has 0 saturated carbocycles. The molecule has 0 bridgehead atoms. The van der Waals surface area contributed by atoms with Crippen LogP contribution in [0.3, 0.4) is 0 Å². The first-order valence-corrected chi connectivity index (χ1v) is 3.88. The zero-order valence-corrected chi connectivity index (χ0v) is 7.94. The molecule has 0 spiro atoms. The van der Waals surface area contributed by atoms with Gasteiger partial charge in [-0.05, 0) is 6.07 Å². The molecule has 0 fully saturated rings. The number of anilines is 1. The Morgan fingerprint density at radius 2 is 2.08 bits per heavy atom. The van der Waals surface area contributed by atoms with Crippen LogP contribution in [0.25, 0.3) is 0 Å². The van der Waals surface area contributed by atoms with Crippen molar-refractivity contribution in [1.29, 1.82) is 0 Å². The molecule has 13 heavy (non-hydrogen) atoms. The first-order chi connectivity index (χ1) is 6.31. The van der Waals surface area contributed by atoms with E-state index in [1.165, 1.54) is 0 Å². The predicted octanol–water partition coefficient (Wildman–Crippen LogP) is 0.810. The number of methoxy groups -OCH3 is 2. The fourth-order valence-electron chi connectivity index (χ4n) is 0.962. The number of ether oxygens (including phenoxy) is 2. The summed E-state index contributed by atoms with van der Waals surface area (Å²) in [5.74, 6) is 0.552. The van der Waals surface area contributed by atoms with E-state index in [0.717, 1.165) is 0 Å². The lowest BCUT2D eigenvalue weighted by Crippen LogP contribution is -2.08. The van der Waals surface area contributed by atoms with Gasteiger partial charge in [-0.1, -0.05) is 0 Å². The van der Waals surface area contributed by atoms with Crippen molar-refractivity contribution in [3.05, 3.63) is 18.0 Å². The summed E-state index contributed by atoms with van der Waals surface area (Å²) < 4.78 is 10.1. The smallest absolute Gasteiger partial charge is 0.222 e. The van der Waals surface area contributed by atoms with Crippen molar-refractivity contribution in [3.8, 4) is 0 Å². The Morgan fingerprint density at radius 1 is 1.38 bits per heavy atom. The van der Waals surface area contributed by atoms with Gasteiger partial charge >= 0.3 is 0 Å². The van der Waals surface area contributed by atoms with Crippen LogP contribution in [0.5, 0.6) is 0 Å². The van der Waals surface area contributed by atoms with E-state index in [1.807, 2.05) is 0 Å². The van der Waals surface area contributed by atoms with Gasteiger partial charge in [0.1, 0.15) is 5.69 Å². The monoisotopic (exact) mass is 183 g/mol. The van der Waals surface area contributed by atoms with Crippen LogP contribution >= 0.6 is 0 Å². The Morgan fingerprint density at radius 3 is 2.62 bits per heavy atom. The largest absolute Gasteiger partial charge is 0.357 e. The van der Waals surface area contributed by atoms with E-state index >= 15 is 0 Å². The van der Waals surface area contributed by atoms with Crippen molar-refractivity contribution < 1.29 is 9.47 Å². The third-order valence-electron chi connectivity index (χ3n) is 1.57. The number of nitrogens with one attached hydrogen (secondary N) is 1. The van der Waals surface area contributed by atoms with Gasteiger partial charge in [0.15, 0.2) is 0 Å². The first kappa shape index (κ1) is 9.88. The summed E-state index contributed by atoms with van der Waals surface area (Å²) in [6, 6.07) is 1.75. The normalized spacial score (nSPS) is 10.5. The molecule has 0 aliphatic carbocycles. The molecular weight excluding hydrogens is 170 g/mol. The van der Waals surface area contributed by atoms with Crippen LogP contribution in [-0.2, 0) is 9.47 Å². The number of rotatable bonds is 4. The number of aromatic nitrogens is 2. The summed E-state index contributed by atoms with van der Waals surface area (Å²) in [6.45, 7) is 0. The highest BCUT2D eigenvalue weighted by molar-refractivity contribution is 5.23. The van der Waals surface area contributed by atoms with Crippen molar-refractivity contribution >= 4 is 5.95 Å². The summed E-state index contributed by atoms with van der Waals surface area (Å²) in [4.78, 5) is 8.14. The van der Waals surface area contributed by atoms with E-state index < -0.39 is 6.29 Å². The van der Waals surface area contributed by atoms with Crippen LogP contribution in [0.15, 0.2) is 12.3 Å². The molecule has 1 aromatic heterocycles.